The van der Waals surface area contributed by atoms with E-state index in [-0.39, 0.29) is 23.7 Å². The fourth-order valence-corrected chi connectivity index (χ4v) is 2.91. The van der Waals surface area contributed by atoms with Gasteiger partial charge in [-0.05, 0) is 24.3 Å². The second-order valence-corrected chi connectivity index (χ2v) is 5.51. The van der Waals surface area contributed by atoms with Crippen LogP contribution in [0.2, 0.25) is 0 Å². The first-order valence-electron chi connectivity index (χ1n) is 7.19. The maximum Gasteiger partial charge on any atom is 0.317 e. The van der Waals surface area contributed by atoms with E-state index in [1.807, 2.05) is 4.90 Å². The van der Waals surface area contributed by atoms with Crippen LogP contribution in [0.15, 0.2) is 24.3 Å². The summed E-state index contributed by atoms with van der Waals surface area (Å²) in [4.78, 5) is 27.6. The number of nitrogens with zero attached hydrogens (tertiary/aromatic N) is 2. The van der Waals surface area contributed by atoms with Gasteiger partial charge in [0.05, 0.1) is 6.04 Å². The predicted octanol–water partition coefficient (Wildman–Crippen LogP) is 1.11. The average molecular weight is 291 g/mol. The molecule has 2 amide bonds. The zero-order valence-corrected chi connectivity index (χ0v) is 11.7. The maximum atomic E-state index is 12.8. The van der Waals surface area contributed by atoms with E-state index in [9.17, 15) is 14.0 Å². The van der Waals surface area contributed by atoms with Gasteiger partial charge in [0.15, 0.2) is 5.78 Å². The number of rotatable bonds is 4. The smallest absolute Gasteiger partial charge is 0.317 e. The van der Waals surface area contributed by atoms with Crippen LogP contribution in [-0.4, -0.2) is 60.4 Å². The van der Waals surface area contributed by atoms with Crippen LogP contribution in [-0.2, 0) is 0 Å². The fraction of sp³-hybridized carbons (Fsp3) is 0.467. The molecule has 1 aromatic rings. The van der Waals surface area contributed by atoms with Crippen molar-refractivity contribution in [3.8, 4) is 0 Å². The first kappa shape index (κ1) is 14.0. The van der Waals surface area contributed by atoms with Crippen molar-refractivity contribution in [1.82, 2.24) is 15.1 Å². The van der Waals surface area contributed by atoms with Crippen molar-refractivity contribution >= 4 is 11.8 Å². The third-order valence-electron chi connectivity index (χ3n) is 4.14. The number of Topliss-reactive ketones (excluding diaryl/α,β-unsaturated/α-hetero) is 1. The van der Waals surface area contributed by atoms with E-state index in [1.165, 1.54) is 24.3 Å². The third-order valence-corrected chi connectivity index (χ3v) is 4.14. The van der Waals surface area contributed by atoms with Crippen molar-refractivity contribution in [2.75, 3.05) is 32.7 Å². The van der Waals surface area contributed by atoms with Crippen molar-refractivity contribution in [3.05, 3.63) is 35.6 Å². The van der Waals surface area contributed by atoms with Gasteiger partial charge in [0, 0.05) is 44.7 Å². The van der Waals surface area contributed by atoms with Gasteiger partial charge in [0.2, 0.25) is 0 Å². The van der Waals surface area contributed by atoms with E-state index in [4.69, 9.17) is 0 Å². The van der Waals surface area contributed by atoms with E-state index in [0.717, 1.165) is 13.1 Å². The number of hydrogen-bond donors (Lipinski definition) is 1. The van der Waals surface area contributed by atoms with E-state index in [1.54, 1.807) is 0 Å². The molecule has 2 fully saturated rings. The Bertz CT molecular complexity index is 546. The van der Waals surface area contributed by atoms with Gasteiger partial charge in [-0.15, -0.1) is 0 Å². The summed E-state index contributed by atoms with van der Waals surface area (Å²) < 4.78 is 12.8. The minimum absolute atomic E-state index is 0.0158. The van der Waals surface area contributed by atoms with Gasteiger partial charge in [-0.2, -0.15) is 0 Å². The van der Waals surface area contributed by atoms with Crippen LogP contribution >= 0.6 is 0 Å². The summed E-state index contributed by atoms with van der Waals surface area (Å²) in [5.41, 5.74) is 0.549. The molecular formula is C15H18FN3O2. The van der Waals surface area contributed by atoms with Gasteiger partial charge in [-0.1, -0.05) is 0 Å². The quantitative estimate of drug-likeness (QED) is 0.846. The van der Waals surface area contributed by atoms with Crippen molar-refractivity contribution in [1.29, 1.82) is 0 Å². The number of hydrogen-bond acceptors (Lipinski definition) is 3. The van der Waals surface area contributed by atoms with Crippen LogP contribution in [0.3, 0.4) is 0 Å². The normalized spacial score (nSPS) is 22.0. The van der Waals surface area contributed by atoms with E-state index in [0.29, 0.717) is 31.6 Å². The number of urea groups is 1. The number of carbonyl (C=O) groups is 2. The summed E-state index contributed by atoms with van der Waals surface area (Å²) in [6.45, 7) is 3.66. The highest BCUT2D eigenvalue weighted by atomic mass is 19.1. The molecule has 1 unspecified atom stereocenters. The van der Waals surface area contributed by atoms with Gasteiger partial charge in [-0.3, -0.25) is 9.69 Å². The maximum absolute atomic E-state index is 12.8. The monoisotopic (exact) mass is 291 g/mol. The summed E-state index contributed by atoms with van der Waals surface area (Å²) in [6, 6.07) is 5.89. The lowest BCUT2D eigenvalue weighted by Crippen LogP contribution is -2.52. The Morgan fingerprint density at radius 3 is 2.81 bits per heavy atom. The lowest BCUT2D eigenvalue weighted by molar-refractivity contribution is 0.0914. The first-order valence-corrected chi connectivity index (χ1v) is 7.19. The molecule has 112 valence electrons. The molecular weight excluding hydrogens is 273 g/mol. The molecule has 1 N–H and O–H groups in total. The van der Waals surface area contributed by atoms with Crippen molar-refractivity contribution in [3.63, 3.8) is 0 Å². The molecule has 2 aliphatic heterocycles. The molecule has 0 spiro atoms. The Morgan fingerprint density at radius 1 is 1.29 bits per heavy atom. The van der Waals surface area contributed by atoms with E-state index < -0.39 is 0 Å². The Morgan fingerprint density at radius 2 is 2.05 bits per heavy atom. The lowest BCUT2D eigenvalue weighted by Gasteiger charge is -2.36. The van der Waals surface area contributed by atoms with Gasteiger partial charge < -0.3 is 10.2 Å². The largest absolute Gasteiger partial charge is 0.336 e. The average Bonchev–Trinajstić information content (AvgIpc) is 2.86. The zero-order chi connectivity index (χ0) is 14.8. The number of halogens is 1. The Hall–Kier alpha value is -1.95. The highest BCUT2D eigenvalue weighted by Crippen LogP contribution is 2.15. The van der Waals surface area contributed by atoms with Crippen LogP contribution in [0.5, 0.6) is 0 Å². The molecule has 0 saturated carbocycles. The van der Waals surface area contributed by atoms with Crippen LogP contribution in [0, 0.1) is 5.82 Å². The van der Waals surface area contributed by atoms with Crippen LogP contribution in [0.25, 0.3) is 0 Å². The fourth-order valence-electron chi connectivity index (χ4n) is 2.91. The number of fused-ring (bicyclic) bond motifs is 1. The summed E-state index contributed by atoms with van der Waals surface area (Å²) in [7, 11) is 0. The van der Waals surface area contributed by atoms with Gasteiger partial charge in [-0.25, -0.2) is 9.18 Å². The molecule has 21 heavy (non-hydrogen) atoms. The van der Waals surface area contributed by atoms with E-state index in [2.05, 4.69) is 10.2 Å². The Balaban J connectivity index is 1.50. The standard InChI is InChI=1S/C15H18FN3O2/c16-12-3-1-11(2-4-12)14(20)5-6-18-7-8-19-13(10-18)9-17-15(19)21/h1-4,13H,5-10H2,(H,17,21). The molecule has 0 aromatic heterocycles. The Labute approximate surface area is 122 Å². The second-order valence-electron chi connectivity index (χ2n) is 5.51. The molecule has 2 heterocycles. The number of ketones is 1. The number of carbonyl (C=O) groups excluding carboxylic acids is 2. The lowest BCUT2D eigenvalue weighted by atomic mass is 10.1. The zero-order valence-electron chi connectivity index (χ0n) is 11.7. The predicted molar refractivity (Wildman–Crippen MR) is 75.7 cm³/mol. The highest BCUT2D eigenvalue weighted by molar-refractivity contribution is 5.96. The highest BCUT2D eigenvalue weighted by Gasteiger charge is 2.35. The van der Waals surface area contributed by atoms with Crippen LogP contribution < -0.4 is 5.32 Å². The molecule has 6 heteroatoms. The number of amides is 2. The molecule has 1 atom stereocenters. The Kier molecular flexibility index (Phi) is 3.88. The number of benzene rings is 1. The molecule has 5 nitrogen and oxygen atoms in total. The molecule has 1 aromatic carbocycles. The third kappa shape index (κ3) is 3.05. The number of nitrogens with one attached hydrogen (secondary N) is 1. The van der Waals surface area contributed by atoms with Gasteiger partial charge in [0.25, 0.3) is 0 Å². The first-order chi connectivity index (χ1) is 10.1. The molecule has 2 aliphatic rings. The molecule has 0 bridgehead atoms. The minimum Gasteiger partial charge on any atom is -0.336 e. The molecule has 3 rings (SSSR count). The molecule has 0 aliphatic carbocycles. The summed E-state index contributed by atoms with van der Waals surface area (Å²) >= 11 is 0. The second kappa shape index (κ2) is 5.81. The minimum atomic E-state index is -0.332. The number of piperazine rings is 1. The molecule has 0 radical (unpaired) electrons. The SMILES string of the molecule is O=C(CCN1CCN2C(=O)NCC2C1)c1ccc(F)cc1. The molecule has 2 saturated heterocycles. The van der Waals surface area contributed by atoms with Crippen LogP contribution in [0.4, 0.5) is 9.18 Å². The summed E-state index contributed by atoms with van der Waals surface area (Å²) in [6.07, 6.45) is 0.416. The summed E-state index contributed by atoms with van der Waals surface area (Å²) in [5, 5.41) is 2.84. The van der Waals surface area contributed by atoms with Gasteiger partial charge >= 0.3 is 6.03 Å². The summed E-state index contributed by atoms with van der Waals surface area (Å²) in [5.74, 6) is -0.306. The van der Waals surface area contributed by atoms with Crippen LogP contribution in [0.1, 0.15) is 16.8 Å². The van der Waals surface area contributed by atoms with Crippen molar-refractivity contribution in [2.24, 2.45) is 0 Å². The topological polar surface area (TPSA) is 52.7 Å². The van der Waals surface area contributed by atoms with Crippen molar-refractivity contribution < 1.29 is 14.0 Å². The van der Waals surface area contributed by atoms with Crippen molar-refractivity contribution in [2.45, 2.75) is 12.5 Å². The van der Waals surface area contributed by atoms with E-state index >= 15 is 0 Å². The van der Waals surface area contributed by atoms with Gasteiger partial charge in [0.1, 0.15) is 5.82 Å².